The van der Waals surface area contributed by atoms with E-state index < -0.39 is 0 Å². The third kappa shape index (κ3) is 3.05. The van der Waals surface area contributed by atoms with E-state index in [1.807, 2.05) is 47.1 Å². The number of hydrogen-bond donors (Lipinski definition) is 1. The van der Waals surface area contributed by atoms with Crippen molar-refractivity contribution < 1.29 is 14.2 Å². The average molecular weight is 379 g/mol. The minimum absolute atomic E-state index is 0.696. The van der Waals surface area contributed by atoms with Gasteiger partial charge in [-0.25, -0.2) is 4.68 Å². The molecule has 2 aromatic carbocycles. The summed E-state index contributed by atoms with van der Waals surface area (Å²) in [7, 11) is 4.99. The SMILES string of the molecule is COc1ccccc1-n1nc(-c2cccc(OC)c2OC)c2c1NCCCC2. The topological polar surface area (TPSA) is 57.5 Å². The van der Waals surface area contributed by atoms with Crippen molar-refractivity contribution in [2.45, 2.75) is 19.3 Å². The third-order valence-corrected chi connectivity index (χ3v) is 5.10. The van der Waals surface area contributed by atoms with Crippen LogP contribution in [0.2, 0.25) is 0 Å². The van der Waals surface area contributed by atoms with E-state index in [1.54, 1.807) is 21.3 Å². The Morgan fingerprint density at radius 1 is 0.893 bits per heavy atom. The molecule has 1 aliphatic rings. The molecule has 0 saturated heterocycles. The second kappa shape index (κ2) is 7.84. The van der Waals surface area contributed by atoms with Crippen molar-refractivity contribution in [3.8, 4) is 34.2 Å². The zero-order chi connectivity index (χ0) is 19.5. The van der Waals surface area contributed by atoms with Gasteiger partial charge in [0.1, 0.15) is 22.9 Å². The van der Waals surface area contributed by atoms with Gasteiger partial charge in [-0.1, -0.05) is 18.2 Å². The van der Waals surface area contributed by atoms with Gasteiger partial charge in [-0.2, -0.15) is 5.10 Å². The second-order valence-corrected chi connectivity index (χ2v) is 6.68. The Morgan fingerprint density at radius 3 is 2.46 bits per heavy atom. The first-order valence-electron chi connectivity index (χ1n) is 9.49. The van der Waals surface area contributed by atoms with Gasteiger partial charge in [0.25, 0.3) is 0 Å². The molecule has 0 atom stereocenters. The lowest BCUT2D eigenvalue weighted by atomic mass is 10.0. The minimum atomic E-state index is 0.696. The van der Waals surface area contributed by atoms with Crippen LogP contribution in [0.25, 0.3) is 16.9 Å². The summed E-state index contributed by atoms with van der Waals surface area (Å²) in [6.07, 6.45) is 3.18. The number of nitrogens with zero attached hydrogens (tertiary/aromatic N) is 2. The summed E-state index contributed by atoms with van der Waals surface area (Å²) in [5, 5.41) is 8.58. The number of hydrogen-bond acceptors (Lipinski definition) is 5. The number of para-hydroxylation sites is 3. The molecule has 2 heterocycles. The Hall–Kier alpha value is -3.15. The zero-order valence-corrected chi connectivity index (χ0v) is 16.5. The Labute approximate surface area is 165 Å². The number of anilines is 1. The normalized spacial score (nSPS) is 13.2. The van der Waals surface area contributed by atoms with Gasteiger partial charge < -0.3 is 19.5 Å². The highest BCUT2D eigenvalue weighted by Gasteiger charge is 2.25. The molecule has 0 unspecified atom stereocenters. The van der Waals surface area contributed by atoms with Crippen LogP contribution in [-0.2, 0) is 6.42 Å². The first-order chi connectivity index (χ1) is 13.8. The lowest BCUT2D eigenvalue weighted by Crippen LogP contribution is -2.08. The maximum absolute atomic E-state index is 5.68. The molecular formula is C22H25N3O3. The number of ether oxygens (including phenoxy) is 3. The molecule has 28 heavy (non-hydrogen) atoms. The van der Waals surface area contributed by atoms with Crippen LogP contribution < -0.4 is 19.5 Å². The lowest BCUT2D eigenvalue weighted by Gasteiger charge is -2.12. The van der Waals surface area contributed by atoms with E-state index in [0.29, 0.717) is 11.5 Å². The highest BCUT2D eigenvalue weighted by Crippen LogP contribution is 2.42. The number of methoxy groups -OCH3 is 3. The van der Waals surface area contributed by atoms with Gasteiger partial charge in [-0.3, -0.25) is 0 Å². The van der Waals surface area contributed by atoms with Crippen LogP contribution >= 0.6 is 0 Å². The number of benzene rings is 2. The summed E-state index contributed by atoms with van der Waals surface area (Å²) in [5.41, 5.74) is 3.93. The van der Waals surface area contributed by atoms with Gasteiger partial charge in [0.05, 0.1) is 21.3 Å². The Kier molecular flexibility index (Phi) is 5.10. The molecular weight excluding hydrogens is 354 g/mol. The van der Waals surface area contributed by atoms with Gasteiger partial charge in [0.2, 0.25) is 0 Å². The van der Waals surface area contributed by atoms with Gasteiger partial charge in [-0.05, 0) is 43.5 Å². The summed E-state index contributed by atoms with van der Waals surface area (Å²) in [4.78, 5) is 0. The van der Waals surface area contributed by atoms with Crippen molar-refractivity contribution in [1.82, 2.24) is 9.78 Å². The predicted octanol–water partition coefficient (Wildman–Crippen LogP) is 4.31. The number of rotatable bonds is 5. The van der Waals surface area contributed by atoms with Crippen molar-refractivity contribution in [3.05, 3.63) is 48.0 Å². The lowest BCUT2D eigenvalue weighted by molar-refractivity contribution is 0.356. The van der Waals surface area contributed by atoms with Crippen LogP contribution in [0.1, 0.15) is 18.4 Å². The molecule has 0 spiro atoms. The molecule has 0 bridgehead atoms. The molecule has 146 valence electrons. The van der Waals surface area contributed by atoms with E-state index in [-0.39, 0.29) is 0 Å². The van der Waals surface area contributed by atoms with Crippen molar-refractivity contribution in [2.75, 3.05) is 33.2 Å². The maximum Gasteiger partial charge on any atom is 0.170 e. The Balaban J connectivity index is 1.97. The van der Waals surface area contributed by atoms with Gasteiger partial charge >= 0.3 is 0 Å². The van der Waals surface area contributed by atoms with Gasteiger partial charge in [0.15, 0.2) is 11.5 Å². The molecule has 1 N–H and O–H groups in total. The molecule has 4 rings (SSSR count). The molecule has 0 fully saturated rings. The fourth-order valence-electron chi connectivity index (χ4n) is 3.77. The van der Waals surface area contributed by atoms with Crippen LogP contribution in [0.4, 0.5) is 5.82 Å². The molecule has 0 radical (unpaired) electrons. The summed E-state index contributed by atoms with van der Waals surface area (Å²) < 4.78 is 18.7. The summed E-state index contributed by atoms with van der Waals surface area (Å²) >= 11 is 0. The molecule has 1 aliphatic heterocycles. The van der Waals surface area contributed by atoms with E-state index >= 15 is 0 Å². The smallest absolute Gasteiger partial charge is 0.170 e. The van der Waals surface area contributed by atoms with Gasteiger partial charge in [0, 0.05) is 17.7 Å². The largest absolute Gasteiger partial charge is 0.494 e. The molecule has 1 aromatic heterocycles. The Bertz CT molecular complexity index is 981. The van der Waals surface area contributed by atoms with Crippen LogP contribution in [0.15, 0.2) is 42.5 Å². The third-order valence-electron chi connectivity index (χ3n) is 5.10. The highest BCUT2D eigenvalue weighted by molar-refractivity contribution is 5.78. The molecule has 6 nitrogen and oxygen atoms in total. The zero-order valence-electron chi connectivity index (χ0n) is 16.5. The molecule has 0 aliphatic carbocycles. The second-order valence-electron chi connectivity index (χ2n) is 6.68. The number of fused-ring (bicyclic) bond motifs is 1. The van der Waals surface area contributed by atoms with Crippen molar-refractivity contribution >= 4 is 5.82 Å². The van der Waals surface area contributed by atoms with Crippen LogP contribution in [0, 0.1) is 0 Å². The predicted molar refractivity (Wildman–Crippen MR) is 110 cm³/mol. The summed E-state index contributed by atoms with van der Waals surface area (Å²) in [5.74, 6) is 3.19. The average Bonchev–Trinajstić information content (AvgIpc) is 2.93. The van der Waals surface area contributed by atoms with Crippen LogP contribution in [0.5, 0.6) is 17.2 Å². The number of nitrogens with one attached hydrogen (secondary N) is 1. The van der Waals surface area contributed by atoms with E-state index in [0.717, 1.165) is 54.3 Å². The first-order valence-corrected chi connectivity index (χ1v) is 9.49. The molecule has 0 amide bonds. The standard InChI is InChI=1S/C22H25N3O3/c1-26-18-12-5-4-11-17(18)25-22-16(9-6-7-14-23-22)20(24-25)15-10-8-13-19(27-2)21(15)28-3/h4-5,8,10-13,23H,6-7,9,14H2,1-3H3. The van der Waals surface area contributed by atoms with Gasteiger partial charge in [-0.15, -0.1) is 0 Å². The highest BCUT2D eigenvalue weighted by atomic mass is 16.5. The van der Waals surface area contributed by atoms with Crippen molar-refractivity contribution in [2.24, 2.45) is 0 Å². The van der Waals surface area contributed by atoms with Crippen LogP contribution in [-0.4, -0.2) is 37.7 Å². The molecule has 3 aromatic rings. The summed E-state index contributed by atoms with van der Waals surface area (Å²) in [6, 6.07) is 13.8. The number of aromatic nitrogens is 2. The van der Waals surface area contributed by atoms with Crippen molar-refractivity contribution in [3.63, 3.8) is 0 Å². The quantitative estimate of drug-likeness (QED) is 0.716. The Morgan fingerprint density at radius 2 is 1.68 bits per heavy atom. The van der Waals surface area contributed by atoms with Crippen molar-refractivity contribution in [1.29, 1.82) is 0 Å². The summed E-state index contributed by atoms with van der Waals surface area (Å²) in [6.45, 7) is 0.919. The molecule has 0 saturated carbocycles. The minimum Gasteiger partial charge on any atom is -0.494 e. The fourth-order valence-corrected chi connectivity index (χ4v) is 3.77. The monoisotopic (exact) mass is 379 g/mol. The van der Waals surface area contributed by atoms with E-state index in [1.165, 1.54) is 5.56 Å². The van der Waals surface area contributed by atoms with E-state index in [4.69, 9.17) is 19.3 Å². The maximum atomic E-state index is 5.68. The van der Waals surface area contributed by atoms with E-state index in [9.17, 15) is 0 Å². The molecule has 6 heteroatoms. The van der Waals surface area contributed by atoms with E-state index in [2.05, 4.69) is 5.32 Å². The first kappa shape index (κ1) is 18.2. The fraction of sp³-hybridized carbons (Fsp3) is 0.318. The van der Waals surface area contributed by atoms with Crippen LogP contribution in [0.3, 0.4) is 0 Å².